The second-order valence-corrected chi connectivity index (χ2v) is 5.47. The predicted octanol–water partition coefficient (Wildman–Crippen LogP) is 3.57. The van der Waals surface area contributed by atoms with E-state index in [-0.39, 0.29) is 24.0 Å². The first-order valence-electron chi connectivity index (χ1n) is 6.72. The van der Waals surface area contributed by atoms with Crippen molar-refractivity contribution in [3.05, 3.63) is 70.7 Å². The van der Waals surface area contributed by atoms with Crippen LogP contribution >= 0.6 is 15.9 Å². The minimum atomic E-state index is -0.336. The van der Waals surface area contributed by atoms with Gasteiger partial charge < -0.3 is 9.73 Å². The van der Waals surface area contributed by atoms with Crippen LogP contribution in [0.4, 0.5) is 4.39 Å². The average molecular weight is 376 g/mol. The molecule has 3 rings (SSSR count). The van der Waals surface area contributed by atoms with Gasteiger partial charge in [0.1, 0.15) is 12.1 Å². The number of nitrogens with zero attached hydrogens (tertiary/aromatic N) is 2. The highest BCUT2D eigenvalue weighted by atomic mass is 79.9. The Labute approximate surface area is 139 Å². The molecule has 0 aliphatic carbocycles. The van der Waals surface area contributed by atoms with Crippen molar-refractivity contribution >= 4 is 21.8 Å². The minimum absolute atomic E-state index is 0.213. The summed E-state index contributed by atoms with van der Waals surface area (Å²) < 4.78 is 18.6. The fraction of sp³-hybridized carbons (Fsp3) is 0.0625. The van der Waals surface area contributed by atoms with E-state index in [1.54, 1.807) is 30.3 Å². The third-order valence-electron chi connectivity index (χ3n) is 3.09. The van der Waals surface area contributed by atoms with E-state index in [1.165, 1.54) is 18.5 Å². The molecule has 0 saturated carbocycles. The Morgan fingerprint density at radius 3 is 2.65 bits per heavy atom. The predicted molar refractivity (Wildman–Crippen MR) is 85.0 cm³/mol. The number of hydrogen-bond acceptors (Lipinski definition) is 4. The fourth-order valence-corrected chi connectivity index (χ4v) is 2.27. The van der Waals surface area contributed by atoms with E-state index in [0.29, 0.717) is 16.1 Å². The molecule has 1 aromatic carbocycles. The first kappa shape index (κ1) is 15.4. The third-order valence-corrected chi connectivity index (χ3v) is 3.52. The second kappa shape index (κ2) is 6.70. The van der Waals surface area contributed by atoms with Crippen molar-refractivity contribution in [2.24, 2.45) is 0 Å². The highest BCUT2D eigenvalue weighted by Crippen LogP contribution is 2.17. The van der Waals surface area contributed by atoms with Gasteiger partial charge in [-0.1, -0.05) is 0 Å². The number of amides is 1. The zero-order valence-corrected chi connectivity index (χ0v) is 13.4. The van der Waals surface area contributed by atoms with E-state index >= 15 is 0 Å². The maximum atomic E-state index is 13.0. The molecule has 1 amide bonds. The molecule has 0 saturated heterocycles. The van der Waals surface area contributed by atoms with Crippen LogP contribution in [0.2, 0.25) is 0 Å². The monoisotopic (exact) mass is 375 g/mol. The van der Waals surface area contributed by atoms with E-state index in [1.807, 2.05) is 0 Å². The molecule has 7 heteroatoms. The number of hydrogen-bond donors (Lipinski definition) is 1. The molecule has 0 atom stereocenters. The zero-order chi connectivity index (χ0) is 16.2. The van der Waals surface area contributed by atoms with Gasteiger partial charge in [-0.05, 0) is 58.4 Å². The summed E-state index contributed by atoms with van der Waals surface area (Å²) >= 11 is 3.14. The van der Waals surface area contributed by atoms with Gasteiger partial charge in [-0.2, -0.15) is 0 Å². The first-order chi connectivity index (χ1) is 11.1. The topological polar surface area (TPSA) is 68.0 Å². The Kier molecular flexibility index (Phi) is 4.47. The SMILES string of the molecule is O=C(NCc1cc(-c2ccc(F)cc2)ncn1)c1ccc(Br)o1. The molecular weight excluding hydrogens is 365 g/mol. The molecule has 0 unspecified atom stereocenters. The van der Waals surface area contributed by atoms with Crippen molar-refractivity contribution in [3.63, 3.8) is 0 Å². The summed E-state index contributed by atoms with van der Waals surface area (Å²) in [5.41, 5.74) is 2.07. The number of nitrogens with one attached hydrogen (secondary N) is 1. The highest BCUT2D eigenvalue weighted by Gasteiger charge is 2.10. The van der Waals surface area contributed by atoms with Crippen LogP contribution in [0.5, 0.6) is 0 Å². The Bertz CT molecular complexity index is 833. The number of benzene rings is 1. The van der Waals surface area contributed by atoms with Crippen LogP contribution in [0.25, 0.3) is 11.3 Å². The number of rotatable bonds is 4. The van der Waals surface area contributed by atoms with Crippen LogP contribution in [0, 0.1) is 5.82 Å². The van der Waals surface area contributed by atoms with Gasteiger partial charge in [0.2, 0.25) is 0 Å². The van der Waals surface area contributed by atoms with Crippen molar-refractivity contribution in [1.82, 2.24) is 15.3 Å². The number of carbonyl (C=O) groups is 1. The minimum Gasteiger partial charge on any atom is -0.444 e. The van der Waals surface area contributed by atoms with Gasteiger partial charge in [0, 0.05) is 5.56 Å². The maximum Gasteiger partial charge on any atom is 0.287 e. The van der Waals surface area contributed by atoms with Crippen LogP contribution in [-0.2, 0) is 6.54 Å². The van der Waals surface area contributed by atoms with Crippen LogP contribution in [0.3, 0.4) is 0 Å². The molecule has 116 valence electrons. The third kappa shape index (κ3) is 3.81. The maximum absolute atomic E-state index is 13.0. The van der Waals surface area contributed by atoms with Crippen LogP contribution in [0.1, 0.15) is 16.2 Å². The van der Waals surface area contributed by atoms with Gasteiger partial charge >= 0.3 is 0 Å². The van der Waals surface area contributed by atoms with E-state index < -0.39 is 0 Å². The van der Waals surface area contributed by atoms with E-state index in [2.05, 4.69) is 31.2 Å². The molecule has 2 aromatic heterocycles. The molecule has 2 heterocycles. The van der Waals surface area contributed by atoms with Crippen LogP contribution < -0.4 is 5.32 Å². The van der Waals surface area contributed by atoms with Crippen molar-refractivity contribution in [2.75, 3.05) is 0 Å². The molecule has 0 fully saturated rings. The van der Waals surface area contributed by atoms with Crippen molar-refractivity contribution in [1.29, 1.82) is 0 Å². The highest BCUT2D eigenvalue weighted by molar-refractivity contribution is 9.10. The molecule has 3 aromatic rings. The van der Waals surface area contributed by atoms with E-state index in [9.17, 15) is 9.18 Å². The Morgan fingerprint density at radius 2 is 1.96 bits per heavy atom. The lowest BCUT2D eigenvalue weighted by Crippen LogP contribution is -2.22. The van der Waals surface area contributed by atoms with Crippen LogP contribution in [-0.4, -0.2) is 15.9 Å². The molecule has 0 bridgehead atoms. The Balaban J connectivity index is 1.70. The smallest absolute Gasteiger partial charge is 0.287 e. The number of furan rings is 1. The van der Waals surface area contributed by atoms with Gasteiger partial charge in [0.05, 0.1) is 17.9 Å². The summed E-state index contributed by atoms with van der Waals surface area (Å²) in [6.07, 6.45) is 1.41. The Morgan fingerprint density at radius 1 is 1.17 bits per heavy atom. The molecule has 5 nitrogen and oxygen atoms in total. The molecule has 23 heavy (non-hydrogen) atoms. The number of carbonyl (C=O) groups excluding carboxylic acids is 1. The lowest BCUT2D eigenvalue weighted by molar-refractivity contribution is 0.0921. The van der Waals surface area contributed by atoms with E-state index in [4.69, 9.17) is 4.42 Å². The van der Waals surface area contributed by atoms with Gasteiger partial charge in [-0.25, -0.2) is 14.4 Å². The summed E-state index contributed by atoms with van der Waals surface area (Å²) in [6, 6.07) is 11.0. The molecule has 0 radical (unpaired) electrons. The summed E-state index contributed by atoms with van der Waals surface area (Å²) in [7, 11) is 0. The summed E-state index contributed by atoms with van der Waals surface area (Å²) in [6.45, 7) is 0.230. The van der Waals surface area contributed by atoms with Gasteiger partial charge in [-0.15, -0.1) is 0 Å². The molecular formula is C16H11BrFN3O2. The molecule has 0 aliphatic rings. The summed E-state index contributed by atoms with van der Waals surface area (Å²) in [4.78, 5) is 20.2. The van der Waals surface area contributed by atoms with Crippen molar-refractivity contribution < 1.29 is 13.6 Å². The fourth-order valence-electron chi connectivity index (χ4n) is 1.97. The first-order valence-corrected chi connectivity index (χ1v) is 7.51. The second-order valence-electron chi connectivity index (χ2n) is 4.69. The quantitative estimate of drug-likeness (QED) is 0.756. The number of halogens is 2. The zero-order valence-electron chi connectivity index (χ0n) is 11.8. The largest absolute Gasteiger partial charge is 0.444 e. The lowest BCUT2D eigenvalue weighted by Gasteiger charge is -2.05. The molecule has 1 N–H and O–H groups in total. The Hall–Kier alpha value is -2.54. The van der Waals surface area contributed by atoms with Gasteiger partial charge in [0.25, 0.3) is 5.91 Å². The lowest BCUT2D eigenvalue weighted by atomic mass is 10.1. The van der Waals surface area contributed by atoms with Crippen molar-refractivity contribution in [3.8, 4) is 11.3 Å². The van der Waals surface area contributed by atoms with Gasteiger partial charge in [0.15, 0.2) is 10.4 Å². The standard InChI is InChI=1S/C16H11BrFN3O2/c17-15-6-5-14(23-15)16(22)19-8-12-7-13(21-9-20-12)10-1-3-11(18)4-2-10/h1-7,9H,8H2,(H,19,22). The van der Waals surface area contributed by atoms with Crippen molar-refractivity contribution in [2.45, 2.75) is 6.54 Å². The van der Waals surface area contributed by atoms with Gasteiger partial charge in [-0.3, -0.25) is 4.79 Å². The summed E-state index contributed by atoms with van der Waals surface area (Å²) in [5, 5.41) is 2.71. The average Bonchev–Trinajstić information content (AvgIpc) is 3.00. The normalized spacial score (nSPS) is 10.5. The van der Waals surface area contributed by atoms with E-state index in [0.717, 1.165) is 5.56 Å². The summed E-state index contributed by atoms with van der Waals surface area (Å²) in [5.74, 6) is -0.428. The number of aromatic nitrogens is 2. The molecule has 0 aliphatic heterocycles. The molecule has 0 spiro atoms. The van der Waals surface area contributed by atoms with Crippen LogP contribution in [0.15, 0.2) is 57.9 Å².